The van der Waals surface area contributed by atoms with E-state index in [1.165, 1.54) is 0 Å². The molecule has 2 heterocycles. The predicted octanol–water partition coefficient (Wildman–Crippen LogP) is 0.00330. The van der Waals surface area contributed by atoms with Gasteiger partial charge in [-0.2, -0.15) is 0 Å². The third kappa shape index (κ3) is 2.87. The summed E-state index contributed by atoms with van der Waals surface area (Å²) < 4.78 is 29.0. The standard InChI is InChI=1S/C12H24N2O3S/c1-2-17-11-3-6-14(7-4-11)12(9-13)5-8-18(15,16)10-12/h11H,2-10,13H2,1H3. The Balaban J connectivity index is 1.99. The van der Waals surface area contributed by atoms with Crippen LogP contribution in [0.1, 0.15) is 26.2 Å². The van der Waals surface area contributed by atoms with E-state index in [-0.39, 0.29) is 17.0 Å². The fourth-order valence-corrected chi connectivity index (χ4v) is 5.27. The molecule has 1 unspecified atom stereocenters. The first-order chi connectivity index (χ1) is 8.51. The highest BCUT2D eigenvalue weighted by Crippen LogP contribution is 2.31. The van der Waals surface area contributed by atoms with Crippen molar-refractivity contribution >= 4 is 9.84 Å². The minimum Gasteiger partial charge on any atom is -0.378 e. The molecule has 18 heavy (non-hydrogen) atoms. The van der Waals surface area contributed by atoms with Crippen LogP contribution in [0.25, 0.3) is 0 Å². The van der Waals surface area contributed by atoms with Crippen molar-refractivity contribution in [2.75, 3.05) is 37.7 Å². The number of likely N-dealkylation sites (tertiary alicyclic amines) is 1. The van der Waals surface area contributed by atoms with Crippen LogP contribution in [0.4, 0.5) is 0 Å². The lowest BCUT2D eigenvalue weighted by atomic mass is 9.93. The van der Waals surface area contributed by atoms with Gasteiger partial charge in [-0.25, -0.2) is 8.42 Å². The third-order valence-electron chi connectivity index (χ3n) is 4.26. The molecule has 0 aliphatic carbocycles. The molecule has 0 amide bonds. The average Bonchev–Trinajstić information content (AvgIpc) is 2.68. The fourth-order valence-electron chi connectivity index (χ4n) is 3.17. The summed E-state index contributed by atoms with van der Waals surface area (Å²) in [6.07, 6.45) is 2.98. The van der Waals surface area contributed by atoms with Crippen LogP contribution in [0, 0.1) is 0 Å². The second kappa shape index (κ2) is 5.45. The van der Waals surface area contributed by atoms with Crippen molar-refractivity contribution < 1.29 is 13.2 Å². The molecular weight excluding hydrogens is 252 g/mol. The minimum atomic E-state index is -2.89. The zero-order valence-corrected chi connectivity index (χ0v) is 11.9. The van der Waals surface area contributed by atoms with Crippen LogP contribution in [0.15, 0.2) is 0 Å². The van der Waals surface area contributed by atoms with Crippen LogP contribution in [-0.2, 0) is 14.6 Å². The van der Waals surface area contributed by atoms with Crippen LogP contribution < -0.4 is 5.73 Å². The molecule has 0 aromatic carbocycles. The molecule has 6 heteroatoms. The Bertz CT molecular complexity index is 377. The van der Waals surface area contributed by atoms with E-state index in [4.69, 9.17) is 10.5 Å². The van der Waals surface area contributed by atoms with Crippen LogP contribution in [0.2, 0.25) is 0 Å². The van der Waals surface area contributed by atoms with E-state index >= 15 is 0 Å². The number of sulfone groups is 1. The second-order valence-electron chi connectivity index (χ2n) is 5.41. The highest BCUT2D eigenvalue weighted by Gasteiger charge is 2.46. The molecule has 1 atom stereocenters. The number of nitrogens with zero attached hydrogens (tertiary/aromatic N) is 1. The molecule has 2 fully saturated rings. The summed E-state index contributed by atoms with van der Waals surface area (Å²) in [6.45, 7) is 5.00. The number of hydrogen-bond acceptors (Lipinski definition) is 5. The summed E-state index contributed by atoms with van der Waals surface area (Å²) >= 11 is 0. The van der Waals surface area contributed by atoms with Gasteiger partial charge in [0.1, 0.15) is 0 Å². The Kier molecular flexibility index (Phi) is 4.31. The zero-order chi connectivity index (χ0) is 13.2. The summed E-state index contributed by atoms with van der Waals surface area (Å²) in [5.74, 6) is 0.519. The zero-order valence-electron chi connectivity index (χ0n) is 11.1. The number of ether oxygens (including phenoxy) is 1. The molecule has 0 saturated carbocycles. The lowest BCUT2D eigenvalue weighted by molar-refractivity contribution is -0.0121. The van der Waals surface area contributed by atoms with Gasteiger partial charge in [0.2, 0.25) is 0 Å². The topological polar surface area (TPSA) is 72.6 Å². The Hall–Kier alpha value is -0.170. The largest absolute Gasteiger partial charge is 0.378 e. The van der Waals surface area contributed by atoms with Gasteiger partial charge >= 0.3 is 0 Å². The van der Waals surface area contributed by atoms with Gasteiger partial charge < -0.3 is 10.5 Å². The Morgan fingerprint density at radius 2 is 2.06 bits per heavy atom. The second-order valence-corrected chi connectivity index (χ2v) is 7.60. The lowest BCUT2D eigenvalue weighted by Gasteiger charge is -2.43. The van der Waals surface area contributed by atoms with Crippen molar-refractivity contribution in [2.45, 2.75) is 37.8 Å². The van der Waals surface area contributed by atoms with Crippen molar-refractivity contribution in [1.29, 1.82) is 0 Å². The lowest BCUT2D eigenvalue weighted by Crippen LogP contribution is -2.57. The molecule has 2 N–H and O–H groups in total. The van der Waals surface area contributed by atoms with Gasteiger partial charge in [-0.1, -0.05) is 0 Å². The monoisotopic (exact) mass is 276 g/mol. The molecule has 2 aliphatic rings. The molecule has 2 saturated heterocycles. The van der Waals surface area contributed by atoms with Crippen LogP contribution in [-0.4, -0.2) is 62.7 Å². The van der Waals surface area contributed by atoms with Gasteiger partial charge in [0.25, 0.3) is 0 Å². The maximum atomic E-state index is 11.7. The van der Waals surface area contributed by atoms with Crippen molar-refractivity contribution in [3.63, 3.8) is 0 Å². The van der Waals surface area contributed by atoms with E-state index in [1.807, 2.05) is 6.92 Å². The molecule has 0 aromatic heterocycles. The highest BCUT2D eigenvalue weighted by atomic mass is 32.2. The van der Waals surface area contributed by atoms with Crippen molar-refractivity contribution in [3.05, 3.63) is 0 Å². The van der Waals surface area contributed by atoms with E-state index in [9.17, 15) is 8.42 Å². The van der Waals surface area contributed by atoms with E-state index in [0.29, 0.717) is 19.1 Å². The first-order valence-corrected chi connectivity index (χ1v) is 8.61. The third-order valence-corrected chi connectivity index (χ3v) is 6.07. The average molecular weight is 276 g/mol. The molecule has 2 aliphatic heterocycles. The summed E-state index contributed by atoms with van der Waals surface area (Å²) in [5, 5.41) is 0. The molecule has 0 radical (unpaired) electrons. The Morgan fingerprint density at radius 1 is 1.39 bits per heavy atom. The molecule has 106 valence electrons. The van der Waals surface area contributed by atoms with Gasteiger partial charge in [-0.15, -0.1) is 0 Å². The van der Waals surface area contributed by atoms with Gasteiger partial charge in [0.05, 0.1) is 17.6 Å². The van der Waals surface area contributed by atoms with Crippen LogP contribution in [0.5, 0.6) is 0 Å². The normalized spacial score (nSPS) is 33.9. The minimum absolute atomic E-state index is 0.232. The molecule has 0 spiro atoms. The summed E-state index contributed by atoms with van der Waals surface area (Å²) in [6, 6.07) is 0. The van der Waals surface area contributed by atoms with E-state index in [1.54, 1.807) is 0 Å². The summed E-state index contributed by atoms with van der Waals surface area (Å²) in [5.41, 5.74) is 5.57. The number of nitrogens with two attached hydrogens (primary N) is 1. The van der Waals surface area contributed by atoms with Crippen LogP contribution >= 0.6 is 0 Å². The van der Waals surface area contributed by atoms with Gasteiger partial charge in [-0.05, 0) is 26.2 Å². The van der Waals surface area contributed by atoms with E-state index in [2.05, 4.69) is 4.90 Å². The fraction of sp³-hybridized carbons (Fsp3) is 1.00. The molecule has 0 bridgehead atoms. The summed E-state index contributed by atoms with van der Waals surface area (Å²) in [4.78, 5) is 2.28. The van der Waals surface area contributed by atoms with Gasteiger partial charge in [0, 0.05) is 31.8 Å². The van der Waals surface area contributed by atoms with E-state index < -0.39 is 9.84 Å². The number of hydrogen-bond donors (Lipinski definition) is 1. The maximum absolute atomic E-state index is 11.7. The quantitative estimate of drug-likeness (QED) is 0.782. The maximum Gasteiger partial charge on any atom is 0.152 e. The number of rotatable bonds is 4. The molecule has 0 aromatic rings. The summed E-state index contributed by atoms with van der Waals surface area (Å²) in [7, 11) is -2.89. The van der Waals surface area contributed by atoms with Gasteiger partial charge in [0.15, 0.2) is 9.84 Å². The molecule has 2 rings (SSSR count). The van der Waals surface area contributed by atoms with Crippen LogP contribution in [0.3, 0.4) is 0 Å². The van der Waals surface area contributed by atoms with Crippen molar-refractivity contribution in [2.24, 2.45) is 5.73 Å². The predicted molar refractivity (Wildman–Crippen MR) is 71.3 cm³/mol. The molecule has 5 nitrogen and oxygen atoms in total. The highest BCUT2D eigenvalue weighted by molar-refractivity contribution is 7.91. The number of piperidine rings is 1. The van der Waals surface area contributed by atoms with Crippen molar-refractivity contribution in [3.8, 4) is 0 Å². The van der Waals surface area contributed by atoms with Crippen molar-refractivity contribution in [1.82, 2.24) is 4.90 Å². The van der Waals surface area contributed by atoms with E-state index in [0.717, 1.165) is 32.5 Å². The first-order valence-electron chi connectivity index (χ1n) is 6.78. The Labute approximate surface area is 110 Å². The van der Waals surface area contributed by atoms with Gasteiger partial charge in [-0.3, -0.25) is 4.90 Å². The molecular formula is C12H24N2O3S. The Morgan fingerprint density at radius 3 is 2.50 bits per heavy atom. The first kappa shape index (κ1) is 14.2. The smallest absolute Gasteiger partial charge is 0.152 e. The SMILES string of the molecule is CCOC1CCN(C2(CN)CCS(=O)(=O)C2)CC1.